The highest BCUT2D eigenvalue weighted by Gasteiger charge is 2.25. The van der Waals surface area contributed by atoms with Crippen molar-refractivity contribution in [2.24, 2.45) is 0 Å². The molecule has 1 aromatic rings. The van der Waals surface area contributed by atoms with Crippen LogP contribution in [-0.2, 0) is 16.0 Å². The van der Waals surface area contributed by atoms with E-state index in [-0.39, 0.29) is 11.9 Å². The molecule has 1 aliphatic rings. The molecule has 104 valence electrons. The first kappa shape index (κ1) is 13.9. The van der Waals surface area contributed by atoms with E-state index in [1.807, 2.05) is 24.3 Å². The molecule has 19 heavy (non-hydrogen) atoms. The van der Waals surface area contributed by atoms with E-state index in [0.717, 1.165) is 30.5 Å². The molecule has 0 bridgehead atoms. The Morgan fingerprint density at radius 1 is 1.42 bits per heavy atom. The Bertz CT molecular complexity index is 434. The quantitative estimate of drug-likeness (QED) is 0.796. The number of hydrogen-bond acceptors (Lipinski definition) is 3. The topological polar surface area (TPSA) is 64.3 Å². The van der Waals surface area contributed by atoms with Gasteiger partial charge in [-0.3, -0.25) is 4.79 Å². The van der Waals surface area contributed by atoms with Gasteiger partial charge in [-0.2, -0.15) is 0 Å². The fourth-order valence-corrected chi connectivity index (χ4v) is 2.60. The van der Waals surface area contributed by atoms with Crippen LogP contribution in [0, 0.1) is 0 Å². The molecule has 0 radical (unpaired) electrons. The van der Waals surface area contributed by atoms with E-state index >= 15 is 0 Å². The number of rotatable bonds is 5. The van der Waals surface area contributed by atoms with Crippen molar-refractivity contribution in [1.82, 2.24) is 5.32 Å². The summed E-state index contributed by atoms with van der Waals surface area (Å²) in [7, 11) is 1.73. The molecule has 0 heterocycles. The third-order valence-electron chi connectivity index (χ3n) is 3.76. The van der Waals surface area contributed by atoms with Gasteiger partial charge in [0.2, 0.25) is 5.91 Å². The Morgan fingerprint density at radius 3 is 2.89 bits per heavy atom. The average molecular weight is 262 g/mol. The molecule has 0 saturated heterocycles. The maximum Gasteiger partial charge on any atom is 0.220 e. The highest BCUT2D eigenvalue weighted by molar-refractivity contribution is 5.76. The second kappa shape index (κ2) is 6.57. The summed E-state index contributed by atoms with van der Waals surface area (Å²) in [6.45, 7) is 0. The van der Waals surface area contributed by atoms with Crippen molar-refractivity contribution in [3.8, 4) is 0 Å². The van der Waals surface area contributed by atoms with Crippen LogP contribution in [0.25, 0.3) is 0 Å². The summed E-state index contributed by atoms with van der Waals surface area (Å²) < 4.78 is 5.30. The van der Waals surface area contributed by atoms with E-state index in [1.54, 1.807) is 7.11 Å². The number of nitrogens with two attached hydrogens (primary N) is 1. The van der Waals surface area contributed by atoms with Crippen molar-refractivity contribution in [2.45, 2.75) is 44.2 Å². The Morgan fingerprint density at radius 2 is 2.21 bits per heavy atom. The minimum Gasteiger partial charge on any atom is -0.399 e. The average Bonchev–Trinajstić information content (AvgIpc) is 2.85. The first-order chi connectivity index (χ1) is 9.19. The third kappa shape index (κ3) is 3.96. The van der Waals surface area contributed by atoms with E-state index < -0.39 is 0 Å². The fraction of sp³-hybridized carbons (Fsp3) is 0.533. The monoisotopic (exact) mass is 262 g/mol. The maximum atomic E-state index is 11.9. The number of carbonyl (C=O) groups is 1. The zero-order valence-corrected chi connectivity index (χ0v) is 11.4. The van der Waals surface area contributed by atoms with Crippen LogP contribution in [-0.4, -0.2) is 25.2 Å². The van der Waals surface area contributed by atoms with Gasteiger partial charge in [0.25, 0.3) is 0 Å². The lowest BCUT2D eigenvalue weighted by atomic mass is 10.1. The minimum absolute atomic E-state index is 0.102. The zero-order valence-electron chi connectivity index (χ0n) is 11.4. The number of carbonyl (C=O) groups excluding carboxylic acids is 1. The normalized spacial score (nSPS) is 22.4. The van der Waals surface area contributed by atoms with Gasteiger partial charge in [-0.05, 0) is 37.3 Å². The molecule has 1 saturated carbocycles. The second-order valence-electron chi connectivity index (χ2n) is 5.13. The highest BCUT2D eigenvalue weighted by Crippen LogP contribution is 2.21. The molecule has 4 nitrogen and oxygen atoms in total. The van der Waals surface area contributed by atoms with Crippen molar-refractivity contribution in [2.75, 3.05) is 12.8 Å². The number of methoxy groups -OCH3 is 1. The minimum atomic E-state index is 0.102. The maximum absolute atomic E-state index is 11.9. The van der Waals surface area contributed by atoms with Gasteiger partial charge in [-0.15, -0.1) is 0 Å². The van der Waals surface area contributed by atoms with Crippen LogP contribution in [0.15, 0.2) is 24.3 Å². The van der Waals surface area contributed by atoms with E-state index in [9.17, 15) is 4.79 Å². The molecule has 3 N–H and O–H groups in total. The number of para-hydroxylation sites is 1. The number of aryl methyl sites for hydroxylation is 1. The molecule has 2 atom stereocenters. The van der Waals surface area contributed by atoms with Crippen molar-refractivity contribution >= 4 is 11.6 Å². The summed E-state index contributed by atoms with van der Waals surface area (Å²) in [4.78, 5) is 11.9. The molecule has 1 amide bonds. The Balaban J connectivity index is 1.75. The number of amides is 1. The van der Waals surface area contributed by atoms with Crippen LogP contribution < -0.4 is 11.1 Å². The van der Waals surface area contributed by atoms with Gasteiger partial charge in [-0.25, -0.2) is 0 Å². The van der Waals surface area contributed by atoms with Gasteiger partial charge < -0.3 is 15.8 Å². The standard InChI is InChI=1S/C15H22N2O2/c1-19-13-8-7-12(10-13)17-15(18)9-6-11-4-2-3-5-14(11)16/h2-5,12-13H,6-10,16H2,1H3,(H,17,18). The van der Waals surface area contributed by atoms with Crippen molar-refractivity contribution in [3.05, 3.63) is 29.8 Å². The summed E-state index contributed by atoms with van der Waals surface area (Å²) >= 11 is 0. The lowest BCUT2D eigenvalue weighted by molar-refractivity contribution is -0.121. The van der Waals surface area contributed by atoms with E-state index in [1.165, 1.54) is 0 Å². The molecule has 0 spiro atoms. The molecule has 1 aliphatic carbocycles. The van der Waals surface area contributed by atoms with Gasteiger partial charge in [-0.1, -0.05) is 18.2 Å². The number of nitrogens with one attached hydrogen (secondary N) is 1. The molecule has 0 aliphatic heterocycles. The molecule has 0 aromatic heterocycles. The molecule has 4 heteroatoms. The molecule has 1 fully saturated rings. The molecule has 2 rings (SSSR count). The predicted octanol–water partition coefficient (Wildman–Crippen LogP) is 1.89. The summed E-state index contributed by atoms with van der Waals surface area (Å²) in [5.41, 5.74) is 7.66. The number of anilines is 1. The summed E-state index contributed by atoms with van der Waals surface area (Å²) in [6, 6.07) is 7.96. The fourth-order valence-electron chi connectivity index (χ4n) is 2.60. The van der Waals surface area contributed by atoms with Crippen LogP contribution in [0.2, 0.25) is 0 Å². The summed E-state index contributed by atoms with van der Waals surface area (Å²) in [5.74, 6) is 0.102. The molecular weight excluding hydrogens is 240 g/mol. The van der Waals surface area contributed by atoms with Crippen molar-refractivity contribution in [3.63, 3.8) is 0 Å². The van der Waals surface area contributed by atoms with Crippen LogP contribution in [0.5, 0.6) is 0 Å². The third-order valence-corrected chi connectivity index (χ3v) is 3.76. The van der Waals surface area contributed by atoms with E-state index in [4.69, 9.17) is 10.5 Å². The van der Waals surface area contributed by atoms with Gasteiger partial charge >= 0.3 is 0 Å². The van der Waals surface area contributed by atoms with Crippen molar-refractivity contribution < 1.29 is 9.53 Å². The number of hydrogen-bond donors (Lipinski definition) is 2. The van der Waals surface area contributed by atoms with E-state index in [0.29, 0.717) is 18.9 Å². The number of nitrogen functional groups attached to an aromatic ring is 1. The highest BCUT2D eigenvalue weighted by atomic mass is 16.5. The SMILES string of the molecule is COC1CCC(NC(=O)CCc2ccccc2N)C1. The van der Waals surface area contributed by atoms with Gasteiger partial charge in [0.1, 0.15) is 0 Å². The number of ether oxygens (including phenoxy) is 1. The lowest BCUT2D eigenvalue weighted by Gasteiger charge is -2.13. The van der Waals surface area contributed by atoms with Crippen LogP contribution in [0.3, 0.4) is 0 Å². The van der Waals surface area contributed by atoms with E-state index in [2.05, 4.69) is 5.32 Å². The summed E-state index contributed by atoms with van der Waals surface area (Å²) in [5, 5.41) is 3.07. The predicted molar refractivity (Wildman–Crippen MR) is 75.8 cm³/mol. The first-order valence-electron chi connectivity index (χ1n) is 6.84. The van der Waals surface area contributed by atoms with Gasteiger partial charge in [0, 0.05) is 25.3 Å². The Labute approximate surface area is 114 Å². The largest absolute Gasteiger partial charge is 0.399 e. The smallest absolute Gasteiger partial charge is 0.220 e. The Kier molecular flexibility index (Phi) is 4.80. The molecule has 2 unspecified atom stereocenters. The zero-order chi connectivity index (χ0) is 13.7. The summed E-state index contributed by atoms with van der Waals surface area (Å²) in [6.07, 6.45) is 4.46. The molecular formula is C15H22N2O2. The lowest BCUT2D eigenvalue weighted by Crippen LogP contribution is -2.33. The van der Waals surface area contributed by atoms with Crippen molar-refractivity contribution in [1.29, 1.82) is 0 Å². The van der Waals surface area contributed by atoms with Crippen LogP contribution >= 0.6 is 0 Å². The van der Waals surface area contributed by atoms with Gasteiger partial charge in [0.05, 0.1) is 6.10 Å². The van der Waals surface area contributed by atoms with Gasteiger partial charge in [0.15, 0.2) is 0 Å². The number of benzene rings is 1. The Hall–Kier alpha value is -1.55. The first-order valence-corrected chi connectivity index (χ1v) is 6.84. The second-order valence-corrected chi connectivity index (χ2v) is 5.13. The van der Waals surface area contributed by atoms with Crippen LogP contribution in [0.1, 0.15) is 31.2 Å². The van der Waals surface area contributed by atoms with Crippen LogP contribution in [0.4, 0.5) is 5.69 Å². The molecule has 1 aromatic carbocycles.